The second kappa shape index (κ2) is 7.97. The minimum absolute atomic E-state index is 0.0213. The molecule has 0 aliphatic rings. The highest BCUT2D eigenvalue weighted by Gasteiger charge is 2.18. The van der Waals surface area contributed by atoms with Gasteiger partial charge in [0, 0.05) is 37.4 Å². The maximum Gasteiger partial charge on any atom is 0.272 e. The van der Waals surface area contributed by atoms with Gasteiger partial charge < -0.3 is 9.64 Å². The molecule has 0 aromatic heterocycles. The first-order valence-corrected chi connectivity index (χ1v) is 6.41. The van der Waals surface area contributed by atoms with Crippen molar-refractivity contribution in [2.24, 2.45) is 0 Å². The average Bonchev–Trinajstić information content (AvgIpc) is 2.46. The minimum Gasteiger partial charge on any atom is -0.383 e. The summed E-state index contributed by atoms with van der Waals surface area (Å²) >= 11 is 0. The number of amides is 1. The molecule has 0 saturated heterocycles. The number of rotatable bonds is 7. The fourth-order valence-electron chi connectivity index (χ4n) is 1.88. The lowest BCUT2D eigenvalue weighted by Gasteiger charge is -2.21. The molecule has 0 aliphatic heterocycles. The topological polar surface area (TPSA) is 96.5 Å². The molecular weight excluding hydrogens is 274 g/mol. The number of carbonyl (C=O) groups is 1. The highest BCUT2D eigenvalue weighted by Crippen LogP contribution is 2.19. The number of nitrogens with zero attached hydrogens (tertiary/aromatic N) is 3. The van der Waals surface area contributed by atoms with E-state index in [0.717, 1.165) is 0 Å². The zero-order valence-electron chi connectivity index (χ0n) is 12.0. The third kappa shape index (κ3) is 4.54. The summed E-state index contributed by atoms with van der Waals surface area (Å²) in [6.07, 6.45) is 0.224. The Balaban J connectivity index is 2.94. The summed E-state index contributed by atoms with van der Waals surface area (Å²) in [5.41, 5.74) is 0.775. The Bertz CT molecular complexity index is 566. The summed E-state index contributed by atoms with van der Waals surface area (Å²) in [6, 6.07) is 6.24. The van der Waals surface area contributed by atoms with Crippen LogP contribution < -0.4 is 0 Å². The van der Waals surface area contributed by atoms with Gasteiger partial charge in [-0.3, -0.25) is 14.9 Å². The smallest absolute Gasteiger partial charge is 0.272 e. The molecular formula is C14H17N3O4. The van der Waals surface area contributed by atoms with Gasteiger partial charge in [0.1, 0.15) is 0 Å². The molecule has 21 heavy (non-hydrogen) atoms. The van der Waals surface area contributed by atoms with Gasteiger partial charge in [-0.15, -0.1) is 0 Å². The number of nitriles is 1. The fourth-order valence-corrected chi connectivity index (χ4v) is 1.88. The summed E-state index contributed by atoms with van der Waals surface area (Å²) in [5.74, 6) is -0.264. The Morgan fingerprint density at radius 1 is 1.48 bits per heavy atom. The van der Waals surface area contributed by atoms with Crippen LogP contribution in [0.1, 0.15) is 22.3 Å². The molecule has 7 heteroatoms. The van der Waals surface area contributed by atoms with E-state index in [1.54, 1.807) is 6.92 Å². The normalized spacial score (nSPS) is 9.95. The molecule has 0 fully saturated rings. The Labute approximate surface area is 122 Å². The largest absolute Gasteiger partial charge is 0.383 e. The number of carbonyl (C=O) groups excluding carboxylic acids is 1. The Kier molecular flexibility index (Phi) is 6.30. The lowest BCUT2D eigenvalue weighted by Crippen LogP contribution is -2.34. The second-order valence-corrected chi connectivity index (χ2v) is 4.45. The zero-order chi connectivity index (χ0) is 15.8. The first-order chi connectivity index (χ1) is 10.0. The van der Waals surface area contributed by atoms with Crippen LogP contribution in [0.5, 0.6) is 0 Å². The van der Waals surface area contributed by atoms with Crippen molar-refractivity contribution in [2.75, 3.05) is 26.8 Å². The highest BCUT2D eigenvalue weighted by molar-refractivity contribution is 5.94. The average molecular weight is 291 g/mol. The van der Waals surface area contributed by atoms with Gasteiger partial charge in [-0.2, -0.15) is 5.26 Å². The SMILES string of the molecule is COCCN(CCC#N)C(=O)c1ccc([N+](=O)[O-])c(C)c1. The molecule has 0 atom stereocenters. The first-order valence-electron chi connectivity index (χ1n) is 6.41. The van der Waals surface area contributed by atoms with E-state index < -0.39 is 4.92 Å². The van der Waals surface area contributed by atoms with Crippen LogP contribution in [0.3, 0.4) is 0 Å². The first kappa shape index (κ1) is 16.6. The van der Waals surface area contributed by atoms with E-state index in [2.05, 4.69) is 0 Å². The van der Waals surface area contributed by atoms with Crippen molar-refractivity contribution in [2.45, 2.75) is 13.3 Å². The van der Waals surface area contributed by atoms with Crippen LogP contribution in [0.15, 0.2) is 18.2 Å². The molecule has 1 aromatic carbocycles. The second-order valence-electron chi connectivity index (χ2n) is 4.45. The number of methoxy groups -OCH3 is 1. The fraction of sp³-hybridized carbons (Fsp3) is 0.429. The molecule has 1 aromatic rings. The lowest BCUT2D eigenvalue weighted by atomic mass is 10.1. The van der Waals surface area contributed by atoms with E-state index >= 15 is 0 Å². The maximum absolute atomic E-state index is 12.4. The Morgan fingerprint density at radius 2 is 2.19 bits per heavy atom. The van der Waals surface area contributed by atoms with Crippen molar-refractivity contribution < 1.29 is 14.5 Å². The minimum atomic E-state index is -0.484. The molecule has 0 aliphatic carbocycles. The molecule has 0 saturated carbocycles. The Morgan fingerprint density at radius 3 is 2.71 bits per heavy atom. The maximum atomic E-state index is 12.4. The van der Waals surface area contributed by atoms with E-state index in [1.165, 1.54) is 30.2 Å². The van der Waals surface area contributed by atoms with Crippen molar-refractivity contribution in [3.05, 3.63) is 39.4 Å². The number of hydrogen-bond donors (Lipinski definition) is 0. The number of nitro groups is 1. The summed E-state index contributed by atoms with van der Waals surface area (Å²) < 4.78 is 4.95. The van der Waals surface area contributed by atoms with Crippen molar-refractivity contribution >= 4 is 11.6 Å². The number of aryl methyl sites for hydroxylation is 1. The number of benzene rings is 1. The number of ether oxygens (including phenoxy) is 1. The van der Waals surface area contributed by atoms with Crippen LogP contribution in [0.4, 0.5) is 5.69 Å². The van der Waals surface area contributed by atoms with Crippen molar-refractivity contribution in [1.29, 1.82) is 5.26 Å². The van der Waals surface area contributed by atoms with Gasteiger partial charge in [0.05, 0.1) is 24.0 Å². The van der Waals surface area contributed by atoms with E-state index in [-0.39, 0.29) is 18.0 Å². The molecule has 0 spiro atoms. The van der Waals surface area contributed by atoms with Gasteiger partial charge in [0.15, 0.2) is 0 Å². The monoisotopic (exact) mass is 291 g/mol. The van der Waals surface area contributed by atoms with Crippen LogP contribution >= 0.6 is 0 Å². The van der Waals surface area contributed by atoms with Crippen molar-refractivity contribution in [1.82, 2.24) is 4.90 Å². The van der Waals surface area contributed by atoms with Gasteiger partial charge in [-0.25, -0.2) is 0 Å². The van der Waals surface area contributed by atoms with Gasteiger partial charge in [-0.05, 0) is 19.1 Å². The number of hydrogen-bond acceptors (Lipinski definition) is 5. The summed E-state index contributed by atoms with van der Waals surface area (Å²) in [7, 11) is 1.53. The third-order valence-electron chi connectivity index (χ3n) is 2.99. The molecule has 1 amide bonds. The number of nitro benzene ring substituents is 1. The van der Waals surface area contributed by atoms with Gasteiger partial charge >= 0.3 is 0 Å². The van der Waals surface area contributed by atoms with Gasteiger partial charge in [0.2, 0.25) is 0 Å². The van der Waals surface area contributed by atoms with Crippen molar-refractivity contribution in [3.8, 4) is 6.07 Å². The lowest BCUT2D eigenvalue weighted by molar-refractivity contribution is -0.385. The molecule has 0 bridgehead atoms. The quantitative estimate of drug-likeness (QED) is 0.564. The van der Waals surface area contributed by atoms with Crippen LogP contribution in [-0.4, -0.2) is 42.5 Å². The van der Waals surface area contributed by atoms with Crippen molar-refractivity contribution in [3.63, 3.8) is 0 Å². The molecule has 0 N–H and O–H groups in total. The molecule has 0 unspecified atom stereocenters. The zero-order valence-corrected chi connectivity index (χ0v) is 12.0. The van der Waals surface area contributed by atoms with E-state index in [0.29, 0.717) is 30.8 Å². The van der Waals surface area contributed by atoms with Crippen LogP contribution in [0.25, 0.3) is 0 Å². The predicted octanol–water partition coefficient (Wildman–Crippen LogP) is 1.91. The molecule has 0 heterocycles. The third-order valence-corrected chi connectivity index (χ3v) is 2.99. The van der Waals surface area contributed by atoms with Gasteiger partial charge in [-0.1, -0.05) is 0 Å². The van der Waals surface area contributed by atoms with Crippen LogP contribution in [0, 0.1) is 28.4 Å². The predicted molar refractivity (Wildman–Crippen MR) is 75.8 cm³/mol. The highest BCUT2D eigenvalue weighted by atomic mass is 16.6. The van der Waals surface area contributed by atoms with Gasteiger partial charge in [0.25, 0.3) is 11.6 Å². The van der Waals surface area contributed by atoms with Crippen LogP contribution in [-0.2, 0) is 4.74 Å². The van der Waals surface area contributed by atoms with E-state index in [9.17, 15) is 14.9 Å². The molecule has 112 valence electrons. The standard InChI is InChI=1S/C14H17N3O4/c1-11-10-12(4-5-13(11)17(19)20)14(18)16(7-3-6-15)8-9-21-2/h4-5,10H,3,7-9H2,1-2H3. The van der Waals surface area contributed by atoms with Crippen LogP contribution in [0.2, 0.25) is 0 Å². The van der Waals surface area contributed by atoms with E-state index in [1.807, 2.05) is 6.07 Å². The molecule has 7 nitrogen and oxygen atoms in total. The summed E-state index contributed by atoms with van der Waals surface area (Å²) in [6.45, 7) is 2.62. The van der Waals surface area contributed by atoms with E-state index in [4.69, 9.17) is 10.00 Å². The summed E-state index contributed by atoms with van der Waals surface area (Å²) in [4.78, 5) is 24.2. The Hall–Kier alpha value is -2.46. The summed E-state index contributed by atoms with van der Waals surface area (Å²) in [5, 5.41) is 19.4. The molecule has 1 rings (SSSR count). The molecule has 0 radical (unpaired) electrons.